The maximum Gasteiger partial charge on any atom is 0.355 e. The Morgan fingerprint density at radius 1 is 1.42 bits per heavy atom. The fraction of sp³-hybridized carbons (Fsp3) is 0.182. The van der Waals surface area contributed by atoms with Crippen LogP contribution in [-0.4, -0.2) is 33.9 Å². The van der Waals surface area contributed by atoms with Gasteiger partial charge in [0, 0.05) is 19.0 Å². The maximum atomic E-state index is 12.1. The van der Waals surface area contributed by atoms with Gasteiger partial charge in [-0.25, -0.2) is 9.78 Å². The molecule has 19 heavy (non-hydrogen) atoms. The molecule has 1 N–H and O–H groups in total. The first-order valence-electron chi connectivity index (χ1n) is 5.14. The van der Waals surface area contributed by atoms with E-state index in [2.05, 4.69) is 20.9 Å². The molecule has 0 aliphatic heterocycles. The van der Waals surface area contributed by atoms with Crippen molar-refractivity contribution in [2.45, 2.75) is 6.54 Å². The van der Waals surface area contributed by atoms with Gasteiger partial charge in [0.2, 0.25) is 0 Å². The van der Waals surface area contributed by atoms with Crippen LogP contribution in [0.1, 0.15) is 25.9 Å². The summed E-state index contributed by atoms with van der Waals surface area (Å²) >= 11 is 5.95. The van der Waals surface area contributed by atoms with E-state index in [4.69, 9.17) is 5.11 Å². The van der Waals surface area contributed by atoms with Gasteiger partial charge in [-0.1, -0.05) is 0 Å². The van der Waals surface area contributed by atoms with Crippen molar-refractivity contribution in [1.29, 1.82) is 0 Å². The van der Waals surface area contributed by atoms with Crippen molar-refractivity contribution < 1.29 is 14.7 Å². The largest absolute Gasteiger partial charge is 0.476 e. The second-order valence-corrected chi connectivity index (χ2v) is 6.91. The molecule has 0 aromatic carbocycles. The second kappa shape index (κ2) is 5.81. The summed E-state index contributed by atoms with van der Waals surface area (Å²) in [4.78, 5) is 28.1. The molecule has 2 heterocycles. The van der Waals surface area contributed by atoms with Crippen molar-refractivity contribution >= 4 is 50.5 Å². The number of halogens is 1. The van der Waals surface area contributed by atoms with Gasteiger partial charge in [-0.2, -0.15) is 0 Å². The van der Waals surface area contributed by atoms with E-state index >= 15 is 0 Å². The van der Waals surface area contributed by atoms with Crippen LogP contribution in [0.15, 0.2) is 20.6 Å². The van der Waals surface area contributed by atoms with E-state index in [0.29, 0.717) is 6.54 Å². The maximum absolute atomic E-state index is 12.1. The van der Waals surface area contributed by atoms with E-state index in [1.807, 2.05) is 11.4 Å². The molecule has 2 aromatic heterocycles. The van der Waals surface area contributed by atoms with Crippen molar-refractivity contribution in [1.82, 2.24) is 9.88 Å². The summed E-state index contributed by atoms with van der Waals surface area (Å²) in [5.74, 6) is -1.40. The number of carboxylic acids is 1. The summed E-state index contributed by atoms with van der Waals surface area (Å²) in [6.45, 7) is 0.461. The van der Waals surface area contributed by atoms with Gasteiger partial charge < -0.3 is 10.0 Å². The number of carbonyl (C=O) groups excluding carboxylic acids is 1. The molecule has 2 rings (SSSR count). The lowest BCUT2D eigenvalue weighted by Gasteiger charge is -2.14. The molecule has 0 bridgehead atoms. The zero-order chi connectivity index (χ0) is 14.0. The standard InChI is InChI=1S/C11H9BrN2O3S2/c1-14(3-6-2-8(12)18-4-6)10(15)9-13-7(5-19-9)11(16)17/h2,4-5H,3H2,1H3,(H,16,17). The number of carbonyl (C=O) groups is 2. The van der Waals surface area contributed by atoms with Gasteiger partial charge in [-0.3, -0.25) is 4.79 Å². The molecular formula is C11H9BrN2O3S2. The molecule has 0 spiro atoms. The van der Waals surface area contributed by atoms with Crippen LogP contribution in [0.3, 0.4) is 0 Å². The molecule has 0 aliphatic rings. The average Bonchev–Trinajstić information content (AvgIpc) is 2.97. The summed E-state index contributed by atoms with van der Waals surface area (Å²) in [5.41, 5.74) is 0.919. The van der Waals surface area contributed by atoms with E-state index < -0.39 is 5.97 Å². The van der Waals surface area contributed by atoms with E-state index in [1.54, 1.807) is 18.4 Å². The number of thiazole rings is 1. The number of hydrogen-bond donors (Lipinski definition) is 1. The highest BCUT2D eigenvalue weighted by Crippen LogP contribution is 2.22. The monoisotopic (exact) mass is 360 g/mol. The Kier molecular flexibility index (Phi) is 4.33. The van der Waals surface area contributed by atoms with Crippen LogP contribution in [0, 0.1) is 0 Å². The Morgan fingerprint density at radius 3 is 2.68 bits per heavy atom. The quantitative estimate of drug-likeness (QED) is 0.909. The van der Waals surface area contributed by atoms with Crippen LogP contribution in [0.5, 0.6) is 0 Å². The van der Waals surface area contributed by atoms with Gasteiger partial charge in [-0.05, 0) is 32.9 Å². The number of hydrogen-bond acceptors (Lipinski definition) is 5. The van der Waals surface area contributed by atoms with Crippen molar-refractivity contribution in [3.05, 3.63) is 36.9 Å². The highest BCUT2D eigenvalue weighted by molar-refractivity contribution is 9.11. The third-order valence-corrected chi connectivity index (χ3v) is 4.68. The minimum absolute atomic E-state index is 0.0972. The summed E-state index contributed by atoms with van der Waals surface area (Å²) in [6, 6.07) is 1.94. The highest BCUT2D eigenvalue weighted by atomic mass is 79.9. The molecular weight excluding hydrogens is 352 g/mol. The van der Waals surface area contributed by atoms with Crippen molar-refractivity contribution in [2.24, 2.45) is 0 Å². The zero-order valence-electron chi connectivity index (χ0n) is 9.79. The van der Waals surface area contributed by atoms with Crippen molar-refractivity contribution in [2.75, 3.05) is 7.05 Å². The SMILES string of the molecule is CN(Cc1csc(Br)c1)C(=O)c1nc(C(=O)O)cs1. The Bertz CT molecular complexity index is 623. The molecule has 0 saturated carbocycles. The average molecular weight is 361 g/mol. The fourth-order valence-corrected chi connectivity index (χ4v) is 3.39. The lowest BCUT2D eigenvalue weighted by Crippen LogP contribution is -2.26. The second-order valence-electron chi connectivity index (χ2n) is 3.76. The van der Waals surface area contributed by atoms with Crippen molar-refractivity contribution in [3.8, 4) is 0 Å². The summed E-state index contributed by atoms with van der Waals surface area (Å²) in [5, 5.41) is 12.3. The fourth-order valence-electron chi connectivity index (χ4n) is 1.41. The number of rotatable bonds is 4. The van der Waals surface area contributed by atoms with Gasteiger partial charge in [0.15, 0.2) is 10.7 Å². The molecule has 0 fully saturated rings. The minimum atomic E-state index is -1.13. The van der Waals surface area contributed by atoms with Gasteiger partial charge in [0.25, 0.3) is 5.91 Å². The van der Waals surface area contributed by atoms with Gasteiger partial charge in [0.1, 0.15) is 0 Å². The minimum Gasteiger partial charge on any atom is -0.476 e. The Labute approximate surface area is 125 Å². The Hall–Kier alpha value is -1.25. The molecule has 5 nitrogen and oxygen atoms in total. The van der Waals surface area contributed by atoms with E-state index in [0.717, 1.165) is 20.7 Å². The lowest BCUT2D eigenvalue weighted by atomic mass is 10.3. The summed E-state index contributed by atoms with van der Waals surface area (Å²) in [7, 11) is 1.66. The molecule has 1 amide bonds. The Balaban J connectivity index is 2.07. The van der Waals surface area contributed by atoms with Gasteiger partial charge in [-0.15, -0.1) is 22.7 Å². The molecule has 0 saturated heterocycles. The van der Waals surface area contributed by atoms with Crippen LogP contribution in [-0.2, 0) is 6.54 Å². The molecule has 0 unspecified atom stereocenters. The van der Waals surface area contributed by atoms with Gasteiger partial charge >= 0.3 is 5.97 Å². The summed E-state index contributed by atoms with van der Waals surface area (Å²) in [6.07, 6.45) is 0. The first kappa shape index (κ1) is 14.2. The molecule has 0 radical (unpaired) electrons. The normalized spacial score (nSPS) is 10.4. The first-order chi connectivity index (χ1) is 8.97. The number of aromatic nitrogens is 1. The van der Waals surface area contributed by atoms with E-state index in [-0.39, 0.29) is 16.6 Å². The predicted octanol–water partition coefficient (Wildman–Crippen LogP) is 2.94. The highest BCUT2D eigenvalue weighted by Gasteiger charge is 2.18. The zero-order valence-corrected chi connectivity index (χ0v) is 13.0. The number of nitrogens with zero attached hydrogens (tertiary/aromatic N) is 2. The molecule has 8 heteroatoms. The predicted molar refractivity (Wildman–Crippen MR) is 76.9 cm³/mol. The number of thiophene rings is 1. The topological polar surface area (TPSA) is 70.5 Å². The van der Waals surface area contributed by atoms with E-state index in [9.17, 15) is 9.59 Å². The lowest BCUT2D eigenvalue weighted by molar-refractivity contribution is 0.0691. The smallest absolute Gasteiger partial charge is 0.355 e. The molecule has 0 aliphatic carbocycles. The number of amides is 1. The third kappa shape index (κ3) is 3.40. The number of carboxylic acid groups (broad SMARTS) is 1. The summed E-state index contributed by atoms with van der Waals surface area (Å²) < 4.78 is 1.01. The third-order valence-electron chi connectivity index (χ3n) is 2.29. The van der Waals surface area contributed by atoms with Gasteiger partial charge in [0.05, 0.1) is 3.79 Å². The van der Waals surface area contributed by atoms with Crippen LogP contribution >= 0.6 is 38.6 Å². The van der Waals surface area contributed by atoms with Crippen LogP contribution in [0.25, 0.3) is 0 Å². The van der Waals surface area contributed by atoms with Crippen molar-refractivity contribution in [3.63, 3.8) is 0 Å². The Morgan fingerprint density at radius 2 is 2.16 bits per heavy atom. The molecule has 2 aromatic rings. The first-order valence-corrected chi connectivity index (χ1v) is 7.70. The van der Waals surface area contributed by atoms with E-state index in [1.165, 1.54) is 10.3 Å². The van der Waals surface area contributed by atoms with Crippen LogP contribution in [0.4, 0.5) is 0 Å². The van der Waals surface area contributed by atoms with Crippen LogP contribution in [0.2, 0.25) is 0 Å². The number of aromatic carboxylic acids is 1. The molecule has 0 atom stereocenters. The molecule has 100 valence electrons. The van der Waals surface area contributed by atoms with Crippen LogP contribution < -0.4 is 0 Å².